The van der Waals surface area contributed by atoms with Crippen molar-refractivity contribution in [1.82, 2.24) is 4.98 Å². The summed E-state index contributed by atoms with van der Waals surface area (Å²) >= 11 is 1.74. The lowest BCUT2D eigenvalue weighted by atomic mass is 10.5. The smallest absolute Gasteiger partial charge is 0.0907 e. The van der Waals surface area contributed by atoms with E-state index in [4.69, 9.17) is 0 Å². The van der Waals surface area contributed by atoms with Crippen LogP contribution in [0.4, 0.5) is 0 Å². The van der Waals surface area contributed by atoms with Gasteiger partial charge < -0.3 is 0 Å². The van der Waals surface area contributed by atoms with E-state index in [1.54, 1.807) is 11.3 Å². The van der Waals surface area contributed by atoms with Crippen molar-refractivity contribution in [3.05, 3.63) is 14.9 Å². The number of aryl methyl sites for hydroxylation is 1. The fourth-order valence-electron chi connectivity index (χ4n) is 0.873. The standard InChI is InChI=1S/C8H11NS.2C2H6/c1-4-7-8(5-2)10-6(3)9-7;2*1-2/h4-5H,1-3H3;2*1-2H3/b7-4+,8-5+;;. The number of nitrogens with zero attached hydrogens (tertiary/aromatic N) is 1. The minimum absolute atomic E-state index is 1.12. The van der Waals surface area contributed by atoms with Crippen molar-refractivity contribution in [3.8, 4) is 0 Å². The van der Waals surface area contributed by atoms with E-state index in [1.807, 2.05) is 54.5 Å². The van der Waals surface area contributed by atoms with Gasteiger partial charge in [-0.3, -0.25) is 0 Å². The molecule has 2 heteroatoms. The van der Waals surface area contributed by atoms with E-state index in [1.165, 1.54) is 4.53 Å². The molecule has 0 bridgehead atoms. The van der Waals surface area contributed by atoms with Crippen molar-refractivity contribution in [3.63, 3.8) is 0 Å². The van der Waals surface area contributed by atoms with Crippen LogP contribution in [-0.2, 0) is 0 Å². The average Bonchev–Trinajstić information content (AvgIpc) is 2.64. The van der Waals surface area contributed by atoms with Crippen molar-refractivity contribution in [1.29, 1.82) is 0 Å². The topological polar surface area (TPSA) is 12.9 Å². The highest BCUT2D eigenvalue weighted by atomic mass is 32.1. The number of thiazole rings is 1. The van der Waals surface area contributed by atoms with E-state index < -0.39 is 0 Å². The van der Waals surface area contributed by atoms with Gasteiger partial charge in [0.15, 0.2) is 0 Å². The van der Waals surface area contributed by atoms with Crippen LogP contribution in [0.5, 0.6) is 0 Å². The van der Waals surface area contributed by atoms with Crippen LogP contribution >= 0.6 is 11.3 Å². The maximum Gasteiger partial charge on any atom is 0.0907 e. The van der Waals surface area contributed by atoms with Crippen LogP contribution in [0.1, 0.15) is 46.6 Å². The Morgan fingerprint density at radius 2 is 1.50 bits per heavy atom. The van der Waals surface area contributed by atoms with Gasteiger partial charge in [-0.05, 0) is 20.8 Å². The zero-order valence-corrected chi connectivity index (χ0v) is 11.3. The van der Waals surface area contributed by atoms with Gasteiger partial charge in [0.2, 0.25) is 0 Å². The molecular formula is C12H23NS. The van der Waals surface area contributed by atoms with E-state index >= 15 is 0 Å². The van der Waals surface area contributed by atoms with Crippen LogP contribution in [0, 0.1) is 6.92 Å². The molecule has 1 rings (SSSR count). The molecular weight excluding hydrogens is 190 g/mol. The molecule has 0 amide bonds. The summed E-state index contributed by atoms with van der Waals surface area (Å²) in [4.78, 5) is 4.33. The fraction of sp³-hybridized carbons (Fsp3) is 0.583. The lowest BCUT2D eigenvalue weighted by Gasteiger charge is -1.69. The summed E-state index contributed by atoms with van der Waals surface area (Å²) in [5.74, 6) is 0. The van der Waals surface area contributed by atoms with Crippen molar-refractivity contribution < 1.29 is 0 Å². The average molecular weight is 213 g/mol. The van der Waals surface area contributed by atoms with Crippen LogP contribution in [0.25, 0.3) is 12.2 Å². The van der Waals surface area contributed by atoms with E-state index in [2.05, 4.69) is 11.1 Å². The van der Waals surface area contributed by atoms with Crippen molar-refractivity contribution in [2.75, 3.05) is 0 Å². The quantitative estimate of drug-likeness (QED) is 0.645. The molecule has 0 unspecified atom stereocenters. The van der Waals surface area contributed by atoms with Gasteiger partial charge >= 0.3 is 0 Å². The maximum absolute atomic E-state index is 4.33. The van der Waals surface area contributed by atoms with Gasteiger partial charge in [-0.15, -0.1) is 11.3 Å². The highest BCUT2D eigenvalue weighted by Crippen LogP contribution is 1.89. The predicted octanol–water partition coefficient (Wildman–Crippen LogP) is 3.10. The first-order valence-electron chi connectivity index (χ1n) is 5.34. The van der Waals surface area contributed by atoms with E-state index in [0.717, 1.165) is 10.4 Å². The molecule has 1 aromatic rings. The molecule has 0 aliphatic rings. The second-order valence-corrected chi connectivity index (χ2v) is 3.29. The highest BCUT2D eigenvalue weighted by molar-refractivity contribution is 7.09. The second kappa shape index (κ2) is 10.5. The summed E-state index contributed by atoms with van der Waals surface area (Å²) in [5.41, 5.74) is 0. The number of hydrogen-bond donors (Lipinski definition) is 0. The third-order valence-corrected chi connectivity index (χ3v) is 2.38. The molecule has 1 nitrogen and oxygen atoms in total. The molecule has 0 fully saturated rings. The lowest BCUT2D eigenvalue weighted by Crippen LogP contribution is -2.19. The molecule has 0 radical (unpaired) electrons. The van der Waals surface area contributed by atoms with Crippen LogP contribution in [0.15, 0.2) is 0 Å². The van der Waals surface area contributed by atoms with Gasteiger partial charge in [0, 0.05) is 4.53 Å². The molecule has 0 aromatic carbocycles. The fourth-order valence-corrected chi connectivity index (χ4v) is 1.72. The van der Waals surface area contributed by atoms with Crippen LogP contribution in [0.2, 0.25) is 0 Å². The van der Waals surface area contributed by atoms with Gasteiger partial charge in [-0.1, -0.05) is 39.8 Å². The molecule has 1 heterocycles. The van der Waals surface area contributed by atoms with Gasteiger partial charge in [-0.2, -0.15) is 0 Å². The number of rotatable bonds is 0. The molecule has 0 saturated carbocycles. The molecule has 0 spiro atoms. The summed E-state index contributed by atoms with van der Waals surface area (Å²) in [7, 11) is 0. The number of aromatic nitrogens is 1. The minimum atomic E-state index is 1.12. The molecule has 0 aliphatic carbocycles. The molecule has 0 aliphatic heterocycles. The van der Waals surface area contributed by atoms with Crippen molar-refractivity contribution in [2.24, 2.45) is 0 Å². The Morgan fingerprint density at radius 1 is 1.00 bits per heavy atom. The molecule has 82 valence electrons. The Hall–Kier alpha value is -0.630. The first kappa shape index (κ1) is 15.8. The third kappa shape index (κ3) is 5.18. The summed E-state index contributed by atoms with van der Waals surface area (Å²) < 4.78 is 1.28. The van der Waals surface area contributed by atoms with E-state index in [-0.39, 0.29) is 0 Å². The van der Waals surface area contributed by atoms with Crippen LogP contribution < -0.4 is 9.88 Å². The minimum Gasteiger partial charge on any atom is -0.242 e. The summed E-state index contributed by atoms with van der Waals surface area (Å²) in [6.07, 6.45) is 4.14. The maximum atomic E-state index is 4.33. The van der Waals surface area contributed by atoms with Crippen molar-refractivity contribution in [2.45, 2.75) is 48.5 Å². The zero-order chi connectivity index (χ0) is 11.6. The van der Waals surface area contributed by atoms with E-state index in [0.29, 0.717) is 0 Å². The van der Waals surface area contributed by atoms with Gasteiger partial charge in [-0.25, -0.2) is 4.98 Å². The van der Waals surface area contributed by atoms with Crippen LogP contribution in [0.3, 0.4) is 0 Å². The Bertz CT molecular complexity index is 291. The lowest BCUT2D eigenvalue weighted by molar-refractivity contribution is 1.23. The summed E-state index contributed by atoms with van der Waals surface area (Å²) in [6.45, 7) is 14.1. The molecule has 1 aromatic heterocycles. The summed E-state index contributed by atoms with van der Waals surface area (Å²) in [6, 6.07) is 0. The Kier molecular flexibility index (Phi) is 11.8. The normalized spacial score (nSPS) is 11.4. The molecule has 0 saturated heterocycles. The Morgan fingerprint density at radius 3 is 1.79 bits per heavy atom. The third-order valence-electron chi connectivity index (χ3n) is 1.32. The first-order chi connectivity index (χ1) is 6.77. The van der Waals surface area contributed by atoms with Crippen LogP contribution in [-0.4, -0.2) is 4.98 Å². The monoisotopic (exact) mass is 213 g/mol. The largest absolute Gasteiger partial charge is 0.242 e. The molecule has 0 atom stereocenters. The van der Waals surface area contributed by atoms with E-state index in [9.17, 15) is 0 Å². The highest BCUT2D eigenvalue weighted by Gasteiger charge is 1.89. The SMILES string of the molecule is C/C=c1/nc(C)s/c1=C/C.CC.CC. The van der Waals surface area contributed by atoms with Gasteiger partial charge in [0.1, 0.15) is 0 Å². The molecule has 14 heavy (non-hydrogen) atoms. The molecule has 0 N–H and O–H groups in total. The van der Waals surface area contributed by atoms with Crippen molar-refractivity contribution >= 4 is 23.5 Å². The van der Waals surface area contributed by atoms with Gasteiger partial charge in [0.05, 0.1) is 10.4 Å². The Balaban J connectivity index is 0. The predicted molar refractivity (Wildman–Crippen MR) is 69.1 cm³/mol. The first-order valence-corrected chi connectivity index (χ1v) is 6.15. The van der Waals surface area contributed by atoms with Gasteiger partial charge in [0.25, 0.3) is 0 Å². The Labute approximate surface area is 92.2 Å². The number of hydrogen-bond acceptors (Lipinski definition) is 2. The second-order valence-electron chi connectivity index (χ2n) is 2.06. The summed E-state index contributed by atoms with van der Waals surface area (Å²) in [5, 5.41) is 2.26. The zero-order valence-electron chi connectivity index (χ0n) is 10.5.